The van der Waals surface area contributed by atoms with E-state index < -0.39 is 18.2 Å². The number of para-hydroxylation sites is 2. The molecule has 0 aliphatic heterocycles. The number of methoxy groups -OCH3 is 1. The van der Waals surface area contributed by atoms with Gasteiger partial charge in [0, 0.05) is 4.47 Å². The third-order valence-corrected chi connectivity index (χ3v) is 5.85. The highest BCUT2D eigenvalue weighted by molar-refractivity contribution is 9.10. The lowest BCUT2D eigenvalue weighted by atomic mass is 10.2. The molecule has 3 aromatic rings. The summed E-state index contributed by atoms with van der Waals surface area (Å²) in [5, 5.41) is 6.60. The van der Waals surface area contributed by atoms with E-state index in [-0.39, 0.29) is 0 Å². The number of carbonyl (C=O) groups excluding carboxylic acids is 2. The van der Waals surface area contributed by atoms with Crippen molar-refractivity contribution in [2.24, 2.45) is 5.10 Å². The minimum absolute atomic E-state index is 0.367. The highest BCUT2D eigenvalue weighted by Crippen LogP contribution is 2.37. The molecule has 2 N–H and O–H groups in total. The number of hydrogen-bond donors (Lipinski definition) is 2. The maximum atomic E-state index is 12.2. The van der Waals surface area contributed by atoms with E-state index in [1.54, 1.807) is 36.4 Å². The van der Waals surface area contributed by atoms with E-state index in [0.29, 0.717) is 46.2 Å². The number of nitrogens with one attached hydrogen (secondary N) is 2. The van der Waals surface area contributed by atoms with Gasteiger partial charge in [0.05, 0.1) is 30.1 Å². The minimum atomic E-state index is -0.558. The van der Waals surface area contributed by atoms with Crippen LogP contribution in [0.4, 0.5) is 5.69 Å². The molecule has 0 bridgehead atoms. The molecule has 0 heterocycles. The van der Waals surface area contributed by atoms with Crippen molar-refractivity contribution in [2.75, 3.05) is 19.0 Å². The summed E-state index contributed by atoms with van der Waals surface area (Å²) in [6.07, 6.45) is 1.06. The van der Waals surface area contributed by atoms with Gasteiger partial charge in [-0.3, -0.25) is 9.59 Å². The molecule has 3 rings (SSSR count). The van der Waals surface area contributed by atoms with Gasteiger partial charge in [0.1, 0.15) is 18.8 Å². The second-order valence-electron chi connectivity index (χ2n) is 7.40. The summed E-state index contributed by atoms with van der Waals surface area (Å²) in [4.78, 5) is 24.3. The molecule has 0 atom stereocenters. The van der Waals surface area contributed by atoms with Crippen LogP contribution in [0.15, 0.2) is 74.7 Å². The number of carbonyl (C=O) groups is 2. The number of anilines is 1. The highest BCUT2D eigenvalue weighted by atomic mass is 79.9. The molecule has 0 radical (unpaired) electrons. The van der Waals surface area contributed by atoms with Crippen LogP contribution in [0.2, 0.25) is 0 Å². The Labute approximate surface area is 226 Å². The Bertz CT molecular complexity index is 1230. The van der Waals surface area contributed by atoms with Crippen LogP contribution in [-0.2, 0) is 16.2 Å². The molecule has 0 fully saturated rings. The molecule has 0 saturated heterocycles. The summed E-state index contributed by atoms with van der Waals surface area (Å²) in [6.45, 7) is 2.69. The SMILES string of the molecule is CCOc1cc(C=NNC(=O)CC(=O)Nc2ccccc2OC)cc(Br)c1OCc1ccc(Br)cc1. The number of ether oxygens (including phenoxy) is 3. The number of amides is 2. The van der Waals surface area contributed by atoms with Gasteiger partial charge in [-0.05, 0) is 70.4 Å². The van der Waals surface area contributed by atoms with E-state index in [4.69, 9.17) is 14.2 Å². The van der Waals surface area contributed by atoms with Gasteiger partial charge in [0.25, 0.3) is 0 Å². The van der Waals surface area contributed by atoms with Crippen molar-refractivity contribution in [3.8, 4) is 17.2 Å². The third-order valence-electron chi connectivity index (χ3n) is 4.73. The van der Waals surface area contributed by atoms with E-state index in [1.165, 1.54) is 13.3 Å². The highest BCUT2D eigenvalue weighted by Gasteiger charge is 2.13. The molecule has 2 amide bonds. The van der Waals surface area contributed by atoms with Gasteiger partial charge in [-0.15, -0.1) is 0 Å². The van der Waals surface area contributed by atoms with Gasteiger partial charge in [-0.2, -0.15) is 5.10 Å². The number of benzene rings is 3. The maximum absolute atomic E-state index is 12.2. The predicted molar refractivity (Wildman–Crippen MR) is 146 cm³/mol. The van der Waals surface area contributed by atoms with E-state index >= 15 is 0 Å². The smallest absolute Gasteiger partial charge is 0.249 e. The van der Waals surface area contributed by atoms with Crippen LogP contribution in [0.5, 0.6) is 17.2 Å². The van der Waals surface area contributed by atoms with Gasteiger partial charge in [0.2, 0.25) is 11.8 Å². The fourth-order valence-electron chi connectivity index (χ4n) is 3.11. The van der Waals surface area contributed by atoms with Crippen LogP contribution < -0.4 is 25.0 Å². The van der Waals surface area contributed by atoms with Crippen molar-refractivity contribution in [1.29, 1.82) is 0 Å². The second kappa shape index (κ2) is 13.6. The molecule has 0 aromatic heterocycles. The standard InChI is InChI=1S/C26H25Br2N3O5/c1-3-35-23-13-18(12-20(28)26(23)36-16-17-8-10-19(27)11-9-17)15-29-31-25(33)14-24(32)30-21-6-4-5-7-22(21)34-2/h4-13,15H,3,14,16H2,1-2H3,(H,30,32)(H,31,33). The Morgan fingerprint density at radius 2 is 1.72 bits per heavy atom. The quantitative estimate of drug-likeness (QED) is 0.164. The third kappa shape index (κ3) is 8.10. The van der Waals surface area contributed by atoms with Crippen LogP contribution in [0.1, 0.15) is 24.5 Å². The summed E-state index contributed by atoms with van der Waals surface area (Å²) < 4.78 is 18.6. The molecule has 10 heteroatoms. The average molecular weight is 619 g/mol. The van der Waals surface area contributed by atoms with Crippen molar-refractivity contribution in [1.82, 2.24) is 5.43 Å². The zero-order valence-corrected chi connectivity index (χ0v) is 22.9. The predicted octanol–water partition coefficient (Wildman–Crippen LogP) is 5.68. The maximum Gasteiger partial charge on any atom is 0.249 e. The topological polar surface area (TPSA) is 98.2 Å². The lowest BCUT2D eigenvalue weighted by Gasteiger charge is -2.14. The summed E-state index contributed by atoms with van der Waals surface area (Å²) in [7, 11) is 1.50. The summed E-state index contributed by atoms with van der Waals surface area (Å²) in [5.41, 5.74) is 4.52. The first-order valence-electron chi connectivity index (χ1n) is 11.0. The van der Waals surface area contributed by atoms with E-state index in [9.17, 15) is 9.59 Å². The summed E-state index contributed by atoms with van der Waals surface area (Å²) >= 11 is 6.95. The fourth-order valence-corrected chi connectivity index (χ4v) is 3.95. The summed E-state index contributed by atoms with van der Waals surface area (Å²) in [5.74, 6) is 0.559. The van der Waals surface area contributed by atoms with Crippen molar-refractivity contribution >= 4 is 55.6 Å². The number of nitrogens with zero attached hydrogens (tertiary/aromatic N) is 1. The zero-order chi connectivity index (χ0) is 25.9. The van der Waals surface area contributed by atoms with Gasteiger partial charge < -0.3 is 19.5 Å². The van der Waals surface area contributed by atoms with Gasteiger partial charge in [-0.25, -0.2) is 5.43 Å². The molecule has 0 aliphatic rings. The largest absolute Gasteiger partial charge is 0.495 e. The van der Waals surface area contributed by atoms with Gasteiger partial charge in [-0.1, -0.05) is 40.2 Å². The monoisotopic (exact) mass is 617 g/mol. The Balaban J connectivity index is 1.59. The van der Waals surface area contributed by atoms with Crippen molar-refractivity contribution in [3.05, 3.63) is 80.7 Å². The Hall–Kier alpha value is -3.37. The lowest BCUT2D eigenvalue weighted by molar-refractivity contribution is -0.126. The molecule has 3 aromatic carbocycles. The molecule has 8 nitrogen and oxygen atoms in total. The number of rotatable bonds is 11. The molecule has 0 aliphatic carbocycles. The average Bonchev–Trinajstić information content (AvgIpc) is 2.85. The molecule has 188 valence electrons. The second-order valence-corrected chi connectivity index (χ2v) is 9.17. The van der Waals surface area contributed by atoms with Crippen molar-refractivity contribution in [2.45, 2.75) is 20.0 Å². The molecular formula is C26H25Br2N3O5. The first-order chi connectivity index (χ1) is 17.4. The summed E-state index contributed by atoms with van der Waals surface area (Å²) in [6, 6.07) is 18.3. The number of hydrazone groups is 1. The Morgan fingerprint density at radius 1 is 0.972 bits per heavy atom. The normalized spacial score (nSPS) is 10.7. The van der Waals surface area contributed by atoms with Crippen molar-refractivity contribution in [3.63, 3.8) is 0 Å². The first kappa shape index (κ1) is 27.2. The molecule has 0 saturated carbocycles. The van der Waals surface area contributed by atoms with Crippen LogP contribution >= 0.6 is 31.9 Å². The number of hydrogen-bond acceptors (Lipinski definition) is 6. The van der Waals surface area contributed by atoms with Crippen molar-refractivity contribution < 1.29 is 23.8 Å². The molecular weight excluding hydrogens is 594 g/mol. The number of halogens is 2. The molecule has 36 heavy (non-hydrogen) atoms. The van der Waals surface area contributed by atoms with Crippen LogP contribution in [0, 0.1) is 0 Å². The van der Waals surface area contributed by atoms with Gasteiger partial charge in [0.15, 0.2) is 11.5 Å². The fraction of sp³-hybridized carbons (Fsp3) is 0.192. The van der Waals surface area contributed by atoms with E-state index in [2.05, 4.69) is 47.7 Å². The lowest BCUT2D eigenvalue weighted by Crippen LogP contribution is -2.24. The molecule has 0 spiro atoms. The van der Waals surface area contributed by atoms with Crippen LogP contribution in [0.25, 0.3) is 0 Å². The van der Waals surface area contributed by atoms with E-state index in [1.807, 2.05) is 31.2 Å². The Kier molecular flexibility index (Phi) is 10.3. The first-order valence-corrected chi connectivity index (χ1v) is 12.6. The Morgan fingerprint density at radius 3 is 2.44 bits per heavy atom. The van der Waals surface area contributed by atoms with Crippen LogP contribution in [-0.4, -0.2) is 31.7 Å². The molecule has 0 unspecified atom stereocenters. The van der Waals surface area contributed by atoms with E-state index in [0.717, 1.165) is 10.0 Å². The minimum Gasteiger partial charge on any atom is -0.495 e. The van der Waals surface area contributed by atoms with Gasteiger partial charge >= 0.3 is 0 Å². The van der Waals surface area contributed by atoms with Crippen LogP contribution in [0.3, 0.4) is 0 Å². The zero-order valence-electron chi connectivity index (χ0n) is 19.7.